The minimum absolute atomic E-state index is 0.878. The Kier molecular flexibility index (Phi) is 6.90. The molecule has 0 spiro atoms. The third-order valence-electron chi connectivity index (χ3n) is 11.0. The lowest BCUT2D eigenvalue weighted by Gasteiger charge is -2.04. The second-order valence-electron chi connectivity index (χ2n) is 14.2. The van der Waals surface area contributed by atoms with Gasteiger partial charge in [0.05, 0.1) is 22.1 Å². The van der Waals surface area contributed by atoms with Gasteiger partial charge in [0, 0.05) is 37.7 Å². The third kappa shape index (κ3) is 5.03. The van der Waals surface area contributed by atoms with Gasteiger partial charge in [-0.05, 0) is 48.5 Å². The normalized spacial score (nSPS) is 11.7. The van der Waals surface area contributed by atoms with Crippen LogP contribution in [0.5, 0.6) is 0 Å². The molecule has 0 atom stereocenters. The summed E-state index contributed by atoms with van der Waals surface area (Å²) < 4.78 is 0. The largest absolute Gasteiger partial charge is 0.245 e. The summed E-state index contributed by atoms with van der Waals surface area (Å²) in [5.74, 6) is 0. The monoisotopic (exact) mass is 684 g/mol. The first-order valence-electron chi connectivity index (χ1n) is 18.5. The van der Waals surface area contributed by atoms with E-state index in [0.29, 0.717) is 0 Å². The van der Waals surface area contributed by atoms with E-state index in [2.05, 4.69) is 194 Å². The lowest BCUT2D eigenvalue weighted by atomic mass is 10.0. The third-order valence-corrected chi connectivity index (χ3v) is 11.0. The summed E-state index contributed by atoms with van der Waals surface area (Å²) in [7, 11) is 0. The molecule has 250 valence electrons. The molecular weight excluding hydrogens is 653 g/mol. The number of hydrogen-bond acceptors (Lipinski definition) is 2. The summed E-state index contributed by atoms with van der Waals surface area (Å²) in [6.07, 6.45) is 0. The lowest BCUT2D eigenvalue weighted by molar-refractivity contribution is 1.51. The topological polar surface area (TPSA) is 25.8 Å². The van der Waals surface area contributed by atoms with Crippen LogP contribution in [0.4, 0.5) is 0 Å². The maximum Gasteiger partial charge on any atom is 0.0979 e. The minimum Gasteiger partial charge on any atom is -0.245 e. The van der Waals surface area contributed by atoms with Crippen molar-refractivity contribution >= 4 is 108 Å². The van der Waals surface area contributed by atoms with Crippen LogP contribution in [0, 0.1) is 0 Å². The van der Waals surface area contributed by atoms with Gasteiger partial charge in [-0.25, -0.2) is 9.97 Å². The number of rotatable bonds is 0. The van der Waals surface area contributed by atoms with Gasteiger partial charge in [-0.3, -0.25) is 0 Å². The molecule has 0 aliphatic heterocycles. The quantitative estimate of drug-likeness (QED) is 0.159. The van der Waals surface area contributed by atoms with E-state index in [-0.39, 0.29) is 0 Å². The van der Waals surface area contributed by atoms with Crippen molar-refractivity contribution in [3.63, 3.8) is 0 Å². The van der Waals surface area contributed by atoms with Crippen LogP contribution in [0.25, 0.3) is 108 Å². The zero-order valence-electron chi connectivity index (χ0n) is 29.4. The van der Waals surface area contributed by atoms with Crippen molar-refractivity contribution in [2.45, 2.75) is 0 Å². The van der Waals surface area contributed by atoms with Crippen LogP contribution in [-0.2, 0) is 0 Å². The van der Waals surface area contributed by atoms with E-state index in [1.165, 1.54) is 10.8 Å². The molecule has 2 heteroatoms. The highest BCUT2D eigenvalue weighted by molar-refractivity contribution is 6.29. The molecule has 9 aromatic carbocycles. The summed E-state index contributed by atoms with van der Waals surface area (Å²) >= 11 is 0. The number of benzene rings is 8. The Labute approximate surface area is 311 Å². The second kappa shape index (κ2) is 12.2. The summed E-state index contributed by atoms with van der Waals surface area (Å²) in [4.78, 5) is 11.6. The molecule has 54 heavy (non-hydrogen) atoms. The Balaban J connectivity index is 1.51. The van der Waals surface area contributed by atoms with E-state index in [4.69, 9.17) is 9.97 Å². The van der Waals surface area contributed by atoms with Gasteiger partial charge in [-0.2, -0.15) is 0 Å². The van der Waals surface area contributed by atoms with Crippen LogP contribution < -0.4 is 0 Å². The van der Waals surface area contributed by atoms with Crippen molar-refractivity contribution in [1.29, 1.82) is 0 Å². The molecular formula is C52H32N2. The van der Waals surface area contributed by atoms with Gasteiger partial charge in [0.25, 0.3) is 0 Å². The minimum atomic E-state index is 0.878. The maximum atomic E-state index is 5.80. The van der Waals surface area contributed by atoms with Crippen LogP contribution in [-0.4, -0.2) is 9.97 Å². The molecule has 0 radical (unpaired) electrons. The molecule has 0 saturated heterocycles. The fraction of sp³-hybridized carbons (Fsp3) is 0. The first-order valence-corrected chi connectivity index (χ1v) is 18.5. The molecule has 0 fully saturated rings. The molecule has 0 N–H and O–H groups in total. The standard InChI is InChI=1S/C52H32N2/c1-5-41-6-2-12-47-48(41)46(11-1)51-52(47)54-50-44-9-4-10-45(50)40-31-23-36(24-32-40)16-14-34-19-27-38(28-20-34)43-8-3-7-42(49(43)53-51)37-25-17-33(18-26-37)13-15-35-21-29-39(44)30-22-35/h1-32H. The van der Waals surface area contributed by atoms with Gasteiger partial charge in [0.1, 0.15) is 0 Å². The molecule has 0 amide bonds. The molecule has 2 nitrogen and oxygen atoms in total. The smallest absolute Gasteiger partial charge is 0.0979 e. The highest BCUT2D eigenvalue weighted by Gasteiger charge is 2.14. The van der Waals surface area contributed by atoms with Crippen LogP contribution >= 0.6 is 0 Å². The predicted octanol–water partition coefficient (Wildman–Crippen LogP) is 14.3. The molecule has 0 saturated carbocycles. The van der Waals surface area contributed by atoms with Crippen LogP contribution in [0.3, 0.4) is 0 Å². The number of hydrogen-bond donors (Lipinski definition) is 0. The van der Waals surface area contributed by atoms with E-state index >= 15 is 0 Å². The Hall–Kier alpha value is -7.16. The molecule has 6 aromatic heterocycles. The predicted molar refractivity (Wildman–Crippen MR) is 232 cm³/mol. The lowest BCUT2D eigenvalue weighted by Crippen LogP contribution is -1.83. The van der Waals surface area contributed by atoms with Crippen molar-refractivity contribution in [2.24, 2.45) is 0 Å². The van der Waals surface area contributed by atoms with Gasteiger partial charge >= 0.3 is 0 Å². The zero-order valence-corrected chi connectivity index (χ0v) is 29.4. The molecule has 15 rings (SSSR count). The average molecular weight is 685 g/mol. The van der Waals surface area contributed by atoms with Gasteiger partial charge in [-0.15, -0.1) is 0 Å². The number of aromatic nitrogens is 2. The first-order chi connectivity index (χ1) is 26.7. The summed E-state index contributed by atoms with van der Waals surface area (Å²) in [6.45, 7) is 0. The van der Waals surface area contributed by atoms with Gasteiger partial charge in [-0.1, -0.05) is 194 Å². The molecule has 10 bridgehead atoms. The fourth-order valence-corrected chi connectivity index (χ4v) is 8.18. The Morgan fingerprint density at radius 2 is 0.463 bits per heavy atom. The van der Waals surface area contributed by atoms with Crippen molar-refractivity contribution in [2.75, 3.05) is 0 Å². The first kappa shape index (κ1) is 30.5. The Morgan fingerprint density at radius 1 is 0.204 bits per heavy atom. The Bertz CT molecular complexity index is 3040. The molecule has 0 aliphatic carbocycles. The van der Waals surface area contributed by atoms with Gasteiger partial charge in [0.15, 0.2) is 0 Å². The summed E-state index contributed by atoms with van der Waals surface area (Å²) in [5, 5.41) is 17.9. The number of nitrogens with zero attached hydrogens (tertiary/aromatic N) is 2. The van der Waals surface area contributed by atoms with Crippen molar-refractivity contribution in [3.8, 4) is 0 Å². The van der Waals surface area contributed by atoms with Gasteiger partial charge < -0.3 is 0 Å². The Morgan fingerprint density at radius 3 is 0.778 bits per heavy atom. The van der Waals surface area contributed by atoms with Crippen molar-refractivity contribution < 1.29 is 0 Å². The van der Waals surface area contributed by atoms with Crippen molar-refractivity contribution in [1.82, 2.24) is 9.97 Å². The molecule has 0 unspecified atom stereocenters. The highest BCUT2D eigenvalue weighted by Crippen LogP contribution is 2.38. The average Bonchev–Trinajstić information content (AvgIpc) is 3.52. The molecule has 6 heterocycles. The van der Waals surface area contributed by atoms with Crippen LogP contribution in [0.2, 0.25) is 0 Å². The maximum absolute atomic E-state index is 5.80. The number of para-hydroxylation sites is 2. The fourth-order valence-electron chi connectivity index (χ4n) is 8.18. The molecule has 0 aliphatic rings. The summed E-state index contributed by atoms with van der Waals surface area (Å²) in [5.41, 5.74) is 3.61. The van der Waals surface area contributed by atoms with E-state index in [1.807, 2.05) is 0 Å². The van der Waals surface area contributed by atoms with E-state index in [1.54, 1.807) is 0 Å². The van der Waals surface area contributed by atoms with Gasteiger partial charge in [0.2, 0.25) is 0 Å². The SMILES string of the molecule is c1cc2c3ccc(ccc4ccc(cc4)c4cccc5c6ccc(ccc7ccc(cc7)c(c1)c2nc1c2cccc7cccc(c1nc45)c72)cc6)cc3. The van der Waals surface area contributed by atoms with E-state index < -0.39 is 0 Å². The van der Waals surface area contributed by atoms with Crippen molar-refractivity contribution in [3.05, 3.63) is 194 Å². The van der Waals surface area contributed by atoms with E-state index in [0.717, 1.165) is 97.5 Å². The highest BCUT2D eigenvalue weighted by atomic mass is 14.8. The van der Waals surface area contributed by atoms with Crippen LogP contribution in [0.15, 0.2) is 194 Å². The number of fused-ring (bicyclic) bond motifs is 4. The van der Waals surface area contributed by atoms with E-state index in [9.17, 15) is 0 Å². The molecule has 15 aromatic rings. The summed E-state index contributed by atoms with van der Waals surface area (Å²) in [6, 6.07) is 70.2. The second-order valence-corrected chi connectivity index (χ2v) is 14.2. The van der Waals surface area contributed by atoms with Crippen LogP contribution in [0.1, 0.15) is 0 Å². The zero-order chi connectivity index (χ0) is 35.6.